The summed E-state index contributed by atoms with van der Waals surface area (Å²) in [6.45, 7) is 6.62. The highest BCUT2D eigenvalue weighted by atomic mass is 16.7. The van der Waals surface area contributed by atoms with Gasteiger partial charge in [0, 0.05) is 6.04 Å². The number of hydrogen-bond donors (Lipinski definition) is 1. The normalized spacial score (nSPS) is 25.2. The summed E-state index contributed by atoms with van der Waals surface area (Å²) < 4.78 is 5.66. The summed E-state index contributed by atoms with van der Waals surface area (Å²) in [5.41, 5.74) is 6.60. The van der Waals surface area contributed by atoms with Gasteiger partial charge in [-0.2, -0.15) is 5.06 Å². The van der Waals surface area contributed by atoms with Gasteiger partial charge < -0.3 is 25.2 Å². The fourth-order valence-electron chi connectivity index (χ4n) is 5.68. The molecule has 0 saturated carbocycles. The molecule has 0 unspecified atom stereocenters. The Kier molecular flexibility index (Phi) is 9.62. The molecule has 3 aliphatic rings. The molecular weight excluding hydrogens is 486 g/mol. The molecule has 3 fully saturated rings. The number of unbranched alkanes of at least 4 members (excludes halogenated alkanes) is 1. The third-order valence-corrected chi connectivity index (χ3v) is 7.76. The van der Waals surface area contributed by atoms with Crippen molar-refractivity contribution < 1.29 is 24.0 Å². The molecule has 10 nitrogen and oxygen atoms in total. The minimum Gasteiger partial charge on any atom is -0.443 e. The molecule has 3 atom stereocenters. The van der Waals surface area contributed by atoms with Crippen molar-refractivity contribution in [2.75, 3.05) is 33.2 Å². The highest BCUT2D eigenvalue weighted by Gasteiger charge is 2.54. The largest absolute Gasteiger partial charge is 0.443 e. The van der Waals surface area contributed by atoms with Gasteiger partial charge in [0.25, 0.3) is 5.91 Å². The molecule has 0 aromatic heterocycles. The number of amides is 3. The lowest BCUT2D eigenvalue weighted by Gasteiger charge is -2.54. The van der Waals surface area contributed by atoms with Crippen molar-refractivity contribution >= 4 is 17.9 Å². The summed E-state index contributed by atoms with van der Waals surface area (Å²) in [5, 5.41) is 1.22. The van der Waals surface area contributed by atoms with E-state index in [1.54, 1.807) is 4.90 Å². The van der Waals surface area contributed by atoms with E-state index in [1.807, 2.05) is 49.1 Å². The number of piperazine rings is 1. The summed E-state index contributed by atoms with van der Waals surface area (Å²) >= 11 is 0. The number of benzene rings is 1. The van der Waals surface area contributed by atoms with Crippen LogP contribution in [0.4, 0.5) is 4.79 Å². The molecule has 3 amide bonds. The summed E-state index contributed by atoms with van der Waals surface area (Å²) in [6, 6.07) is 8.85. The Labute approximate surface area is 225 Å². The van der Waals surface area contributed by atoms with Crippen LogP contribution in [0, 0.1) is 5.92 Å². The fraction of sp³-hybridized carbons (Fsp3) is 0.679. The van der Waals surface area contributed by atoms with E-state index in [4.69, 9.17) is 15.3 Å². The molecule has 2 N–H and O–H groups in total. The first-order valence-electron chi connectivity index (χ1n) is 14.0. The van der Waals surface area contributed by atoms with E-state index < -0.39 is 24.4 Å². The monoisotopic (exact) mass is 529 g/mol. The molecule has 1 aromatic carbocycles. The third kappa shape index (κ3) is 6.47. The van der Waals surface area contributed by atoms with Gasteiger partial charge in [-0.1, -0.05) is 44.2 Å². The second-order valence-electron chi connectivity index (χ2n) is 11.1. The maximum Gasteiger partial charge on any atom is 0.436 e. The van der Waals surface area contributed by atoms with E-state index in [0.29, 0.717) is 19.4 Å². The van der Waals surface area contributed by atoms with Crippen LogP contribution in [0.5, 0.6) is 0 Å². The third-order valence-electron chi connectivity index (χ3n) is 7.76. The van der Waals surface area contributed by atoms with Crippen LogP contribution in [0.2, 0.25) is 0 Å². The fourth-order valence-corrected chi connectivity index (χ4v) is 5.68. The first-order valence-corrected chi connectivity index (χ1v) is 14.0. The van der Waals surface area contributed by atoms with Crippen LogP contribution in [0.25, 0.3) is 0 Å². The van der Waals surface area contributed by atoms with Gasteiger partial charge in [-0.15, -0.1) is 0 Å². The van der Waals surface area contributed by atoms with Crippen molar-refractivity contribution in [3.05, 3.63) is 35.9 Å². The predicted molar refractivity (Wildman–Crippen MR) is 142 cm³/mol. The molecule has 210 valence electrons. The first-order chi connectivity index (χ1) is 18.3. The zero-order valence-corrected chi connectivity index (χ0v) is 23.0. The zero-order valence-electron chi connectivity index (χ0n) is 23.0. The lowest BCUT2D eigenvalue weighted by atomic mass is 9.95. The molecular formula is C28H43N5O5. The van der Waals surface area contributed by atoms with Crippen LogP contribution in [0.15, 0.2) is 30.3 Å². The Bertz CT molecular complexity index is 952. The van der Waals surface area contributed by atoms with Crippen molar-refractivity contribution in [3.63, 3.8) is 0 Å². The Morgan fingerprint density at radius 1 is 1.11 bits per heavy atom. The molecule has 38 heavy (non-hydrogen) atoms. The average Bonchev–Trinajstić information content (AvgIpc) is 2.91. The Morgan fingerprint density at radius 2 is 1.82 bits per heavy atom. The molecule has 0 aliphatic carbocycles. The quantitative estimate of drug-likeness (QED) is 0.490. The number of nitrogens with two attached hydrogens (primary N) is 1. The number of carbonyl (C=O) groups is 3. The minimum atomic E-state index is -0.852. The summed E-state index contributed by atoms with van der Waals surface area (Å²) in [7, 11) is 2.08. The number of piperidine rings is 1. The molecule has 1 aromatic rings. The summed E-state index contributed by atoms with van der Waals surface area (Å²) in [6.07, 6.45) is 1.89. The maximum absolute atomic E-state index is 13.9. The molecule has 3 aliphatic heterocycles. The van der Waals surface area contributed by atoms with Gasteiger partial charge in [0.15, 0.2) is 12.3 Å². The number of nitrogens with zero attached hydrogens (tertiary/aromatic N) is 4. The van der Waals surface area contributed by atoms with Crippen LogP contribution in [-0.2, 0) is 25.8 Å². The van der Waals surface area contributed by atoms with E-state index in [2.05, 4.69) is 11.9 Å². The molecule has 0 spiro atoms. The molecule has 4 rings (SSSR count). The lowest BCUT2D eigenvalue weighted by molar-refractivity contribution is -0.270. The molecule has 3 saturated heterocycles. The topological polar surface area (TPSA) is 109 Å². The Hall–Kier alpha value is -2.69. The molecule has 0 bridgehead atoms. The number of carbonyl (C=O) groups excluding carboxylic acids is 3. The Balaban J connectivity index is 1.62. The number of ether oxygens (including phenoxy) is 1. The van der Waals surface area contributed by atoms with Gasteiger partial charge in [-0.05, 0) is 76.7 Å². The maximum atomic E-state index is 13.9. The van der Waals surface area contributed by atoms with Gasteiger partial charge in [0.05, 0.1) is 6.54 Å². The molecule has 10 heteroatoms. The highest BCUT2D eigenvalue weighted by Crippen LogP contribution is 2.34. The number of hydrogen-bond acceptors (Lipinski definition) is 7. The van der Waals surface area contributed by atoms with E-state index >= 15 is 0 Å². The smallest absolute Gasteiger partial charge is 0.436 e. The SMILES string of the molecule is CC(C)C[C@H]1ON(C(=O)OCc2ccccc2)[C@H]2CN(C3CCN(C)CC3)C(=O)[C@H](CCCCN)N2C1=O. The number of fused-ring (bicyclic) bond motifs is 1. The highest BCUT2D eigenvalue weighted by molar-refractivity contribution is 5.92. The summed E-state index contributed by atoms with van der Waals surface area (Å²) in [4.78, 5) is 53.0. The Morgan fingerprint density at radius 3 is 2.47 bits per heavy atom. The van der Waals surface area contributed by atoms with Gasteiger partial charge >= 0.3 is 6.09 Å². The van der Waals surface area contributed by atoms with Crippen molar-refractivity contribution in [2.45, 2.75) is 83.3 Å². The minimum absolute atomic E-state index is 0.0380. The van der Waals surface area contributed by atoms with Gasteiger partial charge in [-0.3, -0.25) is 14.4 Å². The lowest BCUT2D eigenvalue weighted by Crippen LogP contribution is -2.74. The standard InChI is InChI=1S/C28H43N5O5/c1-20(2)17-24-27(35)32-23(11-7-8-14-29)26(34)31(22-12-15-30(3)16-13-22)18-25(32)33(38-24)28(36)37-19-21-9-5-4-6-10-21/h4-6,9-10,20,22-25H,7-8,11-19,29H2,1-3H3/t23-,24+,25-/m0/s1. The van der Waals surface area contributed by atoms with Crippen LogP contribution >= 0.6 is 0 Å². The number of hydroxylamine groups is 2. The first kappa shape index (κ1) is 28.3. The van der Waals surface area contributed by atoms with Crippen molar-refractivity contribution in [3.8, 4) is 0 Å². The van der Waals surface area contributed by atoms with Gasteiger partial charge in [0.2, 0.25) is 5.91 Å². The second kappa shape index (κ2) is 12.9. The predicted octanol–water partition coefficient (Wildman–Crippen LogP) is 2.57. The average molecular weight is 530 g/mol. The van der Waals surface area contributed by atoms with Crippen LogP contribution < -0.4 is 5.73 Å². The van der Waals surface area contributed by atoms with E-state index in [0.717, 1.165) is 44.3 Å². The van der Waals surface area contributed by atoms with Crippen LogP contribution in [0.1, 0.15) is 57.9 Å². The van der Waals surface area contributed by atoms with Crippen LogP contribution in [0.3, 0.4) is 0 Å². The molecule has 0 radical (unpaired) electrons. The van der Waals surface area contributed by atoms with E-state index in [9.17, 15) is 14.4 Å². The van der Waals surface area contributed by atoms with Crippen molar-refractivity contribution in [2.24, 2.45) is 11.7 Å². The van der Waals surface area contributed by atoms with Crippen molar-refractivity contribution in [1.82, 2.24) is 19.8 Å². The second-order valence-corrected chi connectivity index (χ2v) is 11.1. The van der Waals surface area contributed by atoms with Crippen molar-refractivity contribution in [1.29, 1.82) is 0 Å². The van der Waals surface area contributed by atoms with Gasteiger partial charge in [-0.25, -0.2) is 4.79 Å². The summed E-state index contributed by atoms with van der Waals surface area (Å²) in [5.74, 6) is -0.108. The zero-order chi connectivity index (χ0) is 27.2. The van der Waals surface area contributed by atoms with Crippen LogP contribution in [-0.4, -0.2) is 95.3 Å². The van der Waals surface area contributed by atoms with E-state index in [1.165, 1.54) is 5.06 Å². The number of rotatable bonds is 9. The van der Waals surface area contributed by atoms with E-state index in [-0.39, 0.29) is 36.9 Å². The molecule has 3 heterocycles. The van der Waals surface area contributed by atoms with Gasteiger partial charge in [0.1, 0.15) is 12.6 Å². The number of likely N-dealkylation sites (tertiary alicyclic amines) is 1.